The molecule has 24 heavy (non-hydrogen) atoms. The van der Waals surface area contributed by atoms with Crippen molar-refractivity contribution in [2.45, 2.75) is 26.6 Å². The highest BCUT2D eigenvalue weighted by Gasteiger charge is 2.21. The number of carbonyl (C=O) groups is 1. The Morgan fingerprint density at radius 2 is 2.21 bits per heavy atom. The van der Waals surface area contributed by atoms with E-state index in [-0.39, 0.29) is 17.9 Å². The number of hydrogen-bond acceptors (Lipinski definition) is 3. The van der Waals surface area contributed by atoms with Gasteiger partial charge < -0.3 is 9.64 Å². The van der Waals surface area contributed by atoms with Crippen molar-refractivity contribution in [1.82, 2.24) is 14.7 Å². The third-order valence-corrected chi connectivity index (χ3v) is 4.13. The minimum absolute atomic E-state index is 0.0332. The third kappa shape index (κ3) is 4.24. The third-order valence-electron chi connectivity index (χ3n) is 3.32. The summed E-state index contributed by atoms with van der Waals surface area (Å²) in [5.41, 5.74) is 0.701. The smallest absolute Gasteiger partial charge is 0.387 e. The fourth-order valence-corrected chi connectivity index (χ4v) is 2.75. The number of nitrogens with zero attached hydrogens (tertiary/aromatic N) is 3. The monoisotopic (exact) mass is 421 g/mol. The number of rotatable bonds is 6. The van der Waals surface area contributed by atoms with E-state index in [0.29, 0.717) is 21.7 Å². The maximum absolute atomic E-state index is 12.6. The summed E-state index contributed by atoms with van der Waals surface area (Å²) >= 11 is 9.32. The molecule has 0 unspecified atom stereocenters. The van der Waals surface area contributed by atoms with Crippen molar-refractivity contribution in [3.63, 3.8) is 0 Å². The van der Waals surface area contributed by atoms with Crippen molar-refractivity contribution in [3.8, 4) is 5.75 Å². The molecule has 2 aromatic rings. The zero-order valence-corrected chi connectivity index (χ0v) is 15.3. The minimum atomic E-state index is -3.01. The number of aromatic nitrogens is 2. The van der Waals surface area contributed by atoms with Crippen LogP contribution in [-0.4, -0.2) is 34.2 Å². The molecule has 0 aliphatic rings. The van der Waals surface area contributed by atoms with Crippen LogP contribution in [0, 0.1) is 0 Å². The SMILES string of the molecule is CCn1ncc(Cl)c1CN(C)C(=O)c1cc(Br)ccc1OC(F)F. The van der Waals surface area contributed by atoms with E-state index < -0.39 is 12.5 Å². The molecule has 0 N–H and O–H groups in total. The van der Waals surface area contributed by atoms with Crippen molar-refractivity contribution < 1.29 is 18.3 Å². The predicted molar refractivity (Wildman–Crippen MR) is 89.5 cm³/mol. The van der Waals surface area contributed by atoms with Gasteiger partial charge in [0.15, 0.2) is 0 Å². The number of carbonyl (C=O) groups excluding carboxylic acids is 1. The van der Waals surface area contributed by atoms with Crippen LogP contribution in [0.1, 0.15) is 23.0 Å². The Bertz CT molecular complexity index is 740. The molecule has 1 aromatic carbocycles. The van der Waals surface area contributed by atoms with Crippen LogP contribution in [0.3, 0.4) is 0 Å². The maximum Gasteiger partial charge on any atom is 0.387 e. The van der Waals surface area contributed by atoms with Crippen molar-refractivity contribution in [3.05, 3.63) is 45.1 Å². The van der Waals surface area contributed by atoms with Crippen LogP contribution < -0.4 is 4.74 Å². The molecule has 9 heteroatoms. The Morgan fingerprint density at radius 3 is 2.83 bits per heavy atom. The molecule has 0 atom stereocenters. The van der Waals surface area contributed by atoms with Crippen LogP contribution in [-0.2, 0) is 13.1 Å². The standard InChI is InChI=1S/C15H15BrClF2N3O2/c1-3-22-12(11(17)7-20-22)8-21(2)14(23)10-6-9(16)4-5-13(10)24-15(18)19/h4-7,15H,3,8H2,1-2H3. The molecule has 2 rings (SSSR count). The average molecular weight is 423 g/mol. The largest absolute Gasteiger partial charge is 0.434 e. The van der Waals surface area contributed by atoms with Crippen LogP contribution in [0.4, 0.5) is 8.78 Å². The van der Waals surface area contributed by atoms with Gasteiger partial charge in [-0.05, 0) is 25.1 Å². The summed E-state index contributed by atoms with van der Waals surface area (Å²) < 4.78 is 31.8. The molecule has 0 saturated heterocycles. The highest BCUT2D eigenvalue weighted by atomic mass is 79.9. The van der Waals surface area contributed by atoms with E-state index in [1.54, 1.807) is 11.7 Å². The second kappa shape index (κ2) is 7.94. The Labute approximate surface area is 151 Å². The van der Waals surface area contributed by atoms with Crippen LogP contribution in [0.2, 0.25) is 5.02 Å². The lowest BCUT2D eigenvalue weighted by atomic mass is 10.1. The predicted octanol–water partition coefficient (Wildman–Crippen LogP) is 4.19. The molecule has 0 aliphatic heterocycles. The molecule has 1 amide bonds. The lowest BCUT2D eigenvalue weighted by Crippen LogP contribution is -2.28. The zero-order valence-electron chi connectivity index (χ0n) is 13.0. The molecule has 0 fully saturated rings. The van der Waals surface area contributed by atoms with Gasteiger partial charge in [-0.15, -0.1) is 0 Å². The van der Waals surface area contributed by atoms with Gasteiger partial charge in [-0.1, -0.05) is 27.5 Å². The summed E-state index contributed by atoms with van der Waals surface area (Å²) in [4.78, 5) is 14.0. The first-order chi connectivity index (χ1) is 11.3. The number of aryl methyl sites for hydroxylation is 1. The van der Waals surface area contributed by atoms with Crippen LogP contribution in [0.25, 0.3) is 0 Å². The highest BCUT2D eigenvalue weighted by molar-refractivity contribution is 9.10. The summed E-state index contributed by atoms with van der Waals surface area (Å²) in [5, 5.41) is 4.55. The number of ether oxygens (including phenoxy) is 1. The van der Waals surface area contributed by atoms with E-state index in [1.165, 1.54) is 29.3 Å². The average Bonchev–Trinajstić information content (AvgIpc) is 2.88. The Balaban J connectivity index is 2.27. The Kier molecular flexibility index (Phi) is 6.17. The van der Waals surface area contributed by atoms with Gasteiger partial charge in [-0.25, -0.2) is 0 Å². The van der Waals surface area contributed by atoms with Crippen LogP contribution >= 0.6 is 27.5 Å². The summed E-state index contributed by atoms with van der Waals surface area (Å²) in [6.07, 6.45) is 1.50. The fraction of sp³-hybridized carbons (Fsp3) is 0.333. The lowest BCUT2D eigenvalue weighted by molar-refractivity contribution is -0.0502. The second-order valence-corrected chi connectivity index (χ2v) is 6.26. The molecule has 0 bridgehead atoms. The number of amides is 1. The molecule has 1 heterocycles. The van der Waals surface area contributed by atoms with Gasteiger partial charge in [-0.3, -0.25) is 9.48 Å². The van der Waals surface area contributed by atoms with E-state index in [0.717, 1.165) is 0 Å². The first-order valence-electron chi connectivity index (χ1n) is 7.03. The van der Waals surface area contributed by atoms with Gasteiger partial charge in [0.1, 0.15) is 5.75 Å². The maximum atomic E-state index is 12.6. The molecular weight excluding hydrogens is 408 g/mol. The summed E-state index contributed by atoms with van der Waals surface area (Å²) in [6, 6.07) is 4.29. The van der Waals surface area contributed by atoms with E-state index in [1.807, 2.05) is 6.92 Å². The number of alkyl halides is 2. The Hall–Kier alpha value is -1.67. The second-order valence-electron chi connectivity index (χ2n) is 4.94. The first-order valence-corrected chi connectivity index (χ1v) is 8.20. The molecule has 1 aromatic heterocycles. The van der Waals surface area contributed by atoms with Gasteiger partial charge in [0.25, 0.3) is 5.91 Å². The molecule has 5 nitrogen and oxygen atoms in total. The number of hydrogen-bond donors (Lipinski definition) is 0. The quantitative estimate of drug-likeness (QED) is 0.701. The molecule has 0 radical (unpaired) electrons. The summed E-state index contributed by atoms with van der Waals surface area (Å²) in [5.74, 6) is -0.646. The van der Waals surface area contributed by atoms with E-state index >= 15 is 0 Å². The molecule has 130 valence electrons. The van der Waals surface area contributed by atoms with Gasteiger partial charge >= 0.3 is 6.61 Å². The first kappa shape index (κ1) is 18.7. The van der Waals surface area contributed by atoms with Crippen molar-refractivity contribution >= 4 is 33.4 Å². The topological polar surface area (TPSA) is 47.4 Å². The number of benzene rings is 1. The van der Waals surface area contributed by atoms with E-state index in [9.17, 15) is 13.6 Å². The zero-order chi connectivity index (χ0) is 17.9. The molecular formula is C15H15BrClF2N3O2. The fourth-order valence-electron chi connectivity index (χ4n) is 2.19. The van der Waals surface area contributed by atoms with Crippen LogP contribution in [0.15, 0.2) is 28.9 Å². The van der Waals surface area contributed by atoms with Crippen molar-refractivity contribution in [2.75, 3.05) is 7.05 Å². The summed E-state index contributed by atoms with van der Waals surface area (Å²) in [6.45, 7) is -0.330. The summed E-state index contributed by atoms with van der Waals surface area (Å²) in [7, 11) is 1.55. The van der Waals surface area contributed by atoms with Gasteiger partial charge in [0, 0.05) is 18.1 Å². The highest BCUT2D eigenvalue weighted by Crippen LogP contribution is 2.27. The van der Waals surface area contributed by atoms with Crippen LogP contribution in [0.5, 0.6) is 5.75 Å². The molecule has 0 aliphatic carbocycles. The van der Waals surface area contributed by atoms with Crippen molar-refractivity contribution in [1.29, 1.82) is 0 Å². The van der Waals surface area contributed by atoms with Crippen molar-refractivity contribution in [2.24, 2.45) is 0 Å². The van der Waals surface area contributed by atoms with Gasteiger partial charge in [0.05, 0.1) is 29.0 Å². The lowest BCUT2D eigenvalue weighted by Gasteiger charge is -2.20. The molecule has 0 spiro atoms. The van der Waals surface area contributed by atoms with E-state index in [4.69, 9.17) is 11.6 Å². The van der Waals surface area contributed by atoms with Gasteiger partial charge in [-0.2, -0.15) is 13.9 Å². The van der Waals surface area contributed by atoms with Gasteiger partial charge in [0.2, 0.25) is 0 Å². The minimum Gasteiger partial charge on any atom is -0.434 e. The molecule has 0 saturated carbocycles. The normalized spacial score (nSPS) is 11.0. The Morgan fingerprint density at radius 1 is 1.50 bits per heavy atom. The van der Waals surface area contributed by atoms with E-state index in [2.05, 4.69) is 25.8 Å². The number of halogens is 4.